The Morgan fingerprint density at radius 2 is 1.79 bits per heavy atom. The van der Waals surface area contributed by atoms with Gasteiger partial charge in [-0.25, -0.2) is 0 Å². The van der Waals surface area contributed by atoms with Gasteiger partial charge in [-0.3, -0.25) is 14.6 Å². The Balaban J connectivity index is 1.70. The van der Waals surface area contributed by atoms with Crippen LogP contribution in [0.25, 0.3) is 11.4 Å². The van der Waals surface area contributed by atoms with E-state index in [2.05, 4.69) is 20.5 Å². The number of amides is 1. The van der Waals surface area contributed by atoms with Crippen molar-refractivity contribution in [3.8, 4) is 11.4 Å². The summed E-state index contributed by atoms with van der Waals surface area (Å²) in [6.07, 6.45) is 3.43. The van der Waals surface area contributed by atoms with Crippen molar-refractivity contribution in [3.05, 3.63) is 54.4 Å². The van der Waals surface area contributed by atoms with Gasteiger partial charge in [-0.1, -0.05) is 11.8 Å². The third-order valence-corrected chi connectivity index (χ3v) is 5.26. The summed E-state index contributed by atoms with van der Waals surface area (Å²) in [7, 11) is 0. The Hall–Kier alpha value is -3.00. The lowest BCUT2D eigenvalue weighted by Gasteiger charge is -2.13. The number of benzene rings is 1. The van der Waals surface area contributed by atoms with E-state index in [1.54, 1.807) is 36.7 Å². The van der Waals surface area contributed by atoms with Crippen LogP contribution >= 0.6 is 11.8 Å². The molecule has 0 radical (unpaired) electrons. The summed E-state index contributed by atoms with van der Waals surface area (Å²) in [4.78, 5) is 27.9. The van der Waals surface area contributed by atoms with Crippen LogP contribution in [0.4, 0.5) is 5.69 Å². The number of ketones is 1. The summed E-state index contributed by atoms with van der Waals surface area (Å²) in [5.74, 6) is 0.599. The van der Waals surface area contributed by atoms with Gasteiger partial charge in [0.25, 0.3) is 0 Å². The molecule has 0 aliphatic heterocycles. The van der Waals surface area contributed by atoms with Crippen molar-refractivity contribution < 1.29 is 9.59 Å². The summed E-state index contributed by atoms with van der Waals surface area (Å²) >= 11 is 1.35. The number of nitrogens with zero attached hydrogens (tertiary/aromatic N) is 4. The van der Waals surface area contributed by atoms with Crippen molar-refractivity contribution in [3.63, 3.8) is 0 Å². The summed E-state index contributed by atoms with van der Waals surface area (Å²) in [5, 5.41) is 11.7. The molecule has 1 atom stereocenters. The van der Waals surface area contributed by atoms with Crippen LogP contribution in [0.15, 0.2) is 53.9 Å². The molecule has 0 saturated carbocycles. The molecule has 0 unspecified atom stereocenters. The smallest absolute Gasteiger partial charge is 0.237 e. The highest BCUT2D eigenvalue weighted by Gasteiger charge is 2.20. The molecule has 1 amide bonds. The molecule has 8 heteroatoms. The minimum Gasteiger partial charge on any atom is -0.325 e. The predicted molar refractivity (Wildman–Crippen MR) is 109 cm³/mol. The zero-order chi connectivity index (χ0) is 20.1. The third-order valence-electron chi connectivity index (χ3n) is 4.18. The summed E-state index contributed by atoms with van der Waals surface area (Å²) in [6.45, 7) is 6.04. The molecule has 1 aromatic carbocycles. The molecule has 0 spiro atoms. The lowest BCUT2D eigenvalue weighted by atomic mass is 10.1. The monoisotopic (exact) mass is 395 g/mol. The Morgan fingerprint density at radius 3 is 2.39 bits per heavy atom. The average molecular weight is 395 g/mol. The van der Waals surface area contributed by atoms with E-state index < -0.39 is 0 Å². The van der Waals surface area contributed by atoms with Gasteiger partial charge >= 0.3 is 0 Å². The zero-order valence-corrected chi connectivity index (χ0v) is 16.7. The minimum atomic E-state index is -0.368. The van der Waals surface area contributed by atoms with E-state index in [1.165, 1.54) is 18.7 Å². The van der Waals surface area contributed by atoms with Crippen LogP contribution in [0, 0.1) is 0 Å². The SMILES string of the molecule is CCn1c(S[C@H](C)C(=O)Nc2ccc(C(C)=O)cc2)nnc1-c1ccncc1. The number of pyridine rings is 1. The number of hydrogen-bond acceptors (Lipinski definition) is 6. The second kappa shape index (κ2) is 8.79. The molecule has 7 nitrogen and oxygen atoms in total. The molecule has 0 aliphatic rings. The largest absolute Gasteiger partial charge is 0.325 e. The number of anilines is 1. The van der Waals surface area contributed by atoms with Crippen molar-refractivity contribution in [1.82, 2.24) is 19.7 Å². The van der Waals surface area contributed by atoms with Crippen LogP contribution in [0.5, 0.6) is 0 Å². The van der Waals surface area contributed by atoms with E-state index in [9.17, 15) is 9.59 Å². The standard InChI is InChI=1S/C20H21N5O2S/c1-4-25-18(16-9-11-21-12-10-16)23-24-20(25)28-14(3)19(27)22-17-7-5-15(6-8-17)13(2)26/h5-12,14H,4H2,1-3H3,(H,22,27)/t14-/m1/s1. The molecule has 2 heterocycles. The van der Waals surface area contributed by atoms with E-state index in [0.29, 0.717) is 23.0 Å². The Bertz CT molecular complexity index is 970. The molecule has 3 aromatic rings. The number of Topliss-reactive ketones (excluding diaryl/α,β-unsaturated/α-hetero) is 1. The molecule has 28 heavy (non-hydrogen) atoms. The first-order valence-corrected chi connectivity index (χ1v) is 9.79. The first-order valence-electron chi connectivity index (χ1n) is 8.91. The van der Waals surface area contributed by atoms with Gasteiger partial charge in [0.05, 0.1) is 5.25 Å². The van der Waals surface area contributed by atoms with Gasteiger partial charge in [-0.2, -0.15) is 0 Å². The van der Waals surface area contributed by atoms with Gasteiger partial charge in [-0.15, -0.1) is 10.2 Å². The molecule has 1 N–H and O–H groups in total. The van der Waals surface area contributed by atoms with Crippen LogP contribution in [-0.2, 0) is 11.3 Å². The zero-order valence-electron chi connectivity index (χ0n) is 15.9. The van der Waals surface area contributed by atoms with Crippen LogP contribution < -0.4 is 5.32 Å². The highest BCUT2D eigenvalue weighted by Crippen LogP contribution is 2.27. The van der Waals surface area contributed by atoms with Crippen LogP contribution in [0.1, 0.15) is 31.1 Å². The van der Waals surface area contributed by atoms with Gasteiger partial charge in [0, 0.05) is 35.8 Å². The quantitative estimate of drug-likeness (QED) is 0.485. The second-order valence-electron chi connectivity index (χ2n) is 6.17. The van der Waals surface area contributed by atoms with Crippen molar-refractivity contribution >= 4 is 29.1 Å². The fourth-order valence-corrected chi connectivity index (χ4v) is 3.53. The molecule has 0 saturated heterocycles. The topological polar surface area (TPSA) is 89.8 Å². The molecule has 0 fully saturated rings. The normalized spacial score (nSPS) is 11.8. The van der Waals surface area contributed by atoms with Crippen LogP contribution in [0.2, 0.25) is 0 Å². The van der Waals surface area contributed by atoms with E-state index >= 15 is 0 Å². The minimum absolute atomic E-state index is 0.00861. The third kappa shape index (κ3) is 4.45. The Kier molecular flexibility index (Phi) is 6.20. The molecular formula is C20H21N5O2S. The average Bonchev–Trinajstić information content (AvgIpc) is 3.11. The molecule has 3 rings (SSSR count). The van der Waals surface area contributed by atoms with Gasteiger partial charge in [0.2, 0.25) is 5.91 Å². The van der Waals surface area contributed by atoms with E-state index in [-0.39, 0.29) is 16.9 Å². The van der Waals surface area contributed by atoms with Gasteiger partial charge in [0.15, 0.2) is 16.8 Å². The molecule has 0 aliphatic carbocycles. The summed E-state index contributed by atoms with van der Waals surface area (Å²) in [5.41, 5.74) is 2.19. The number of thioether (sulfide) groups is 1. The molecule has 144 valence electrons. The first-order chi connectivity index (χ1) is 13.5. The number of hydrogen-bond donors (Lipinski definition) is 1. The predicted octanol–water partition coefficient (Wildman–Crippen LogP) is 3.68. The van der Waals surface area contributed by atoms with Crippen molar-refractivity contribution in [2.75, 3.05) is 5.32 Å². The fraction of sp³-hybridized carbons (Fsp3) is 0.250. The van der Waals surface area contributed by atoms with Crippen molar-refractivity contribution in [2.24, 2.45) is 0 Å². The fourth-order valence-electron chi connectivity index (χ4n) is 2.62. The molecular weight excluding hydrogens is 374 g/mol. The van der Waals surface area contributed by atoms with Gasteiger partial charge in [-0.05, 0) is 57.2 Å². The molecule has 2 aromatic heterocycles. The van der Waals surface area contributed by atoms with E-state index in [1.807, 2.05) is 30.5 Å². The van der Waals surface area contributed by atoms with Crippen LogP contribution in [0.3, 0.4) is 0 Å². The van der Waals surface area contributed by atoms with E-state index in [4.69, 9.17) is 0 Å². The number of nitrogens with one attached hydrogen (secondary N) is 1. The van der Waals surface area contributed by atoms with Crippen molar-refractivity contribution in [1.29, 1.82) is 0 Å². The van der Waals surface area contributed by atoms with Gasteiger partial charge in [0.1, 0.15) is 0 Å². The van der Waals surface area contributed by atoms with E-state index in [0.717, 1.165) is 11.4 Å². The Labute approximate surface area is 167 Å². The van der Waals surface area contributed by atoms with Crippen LogP contribution in [-0.4, -0.2) is 36.7 Å². The first kappa shape index (κ1) is 19.8. The summed E-state index contributed by atoms with van der Waals surface area (Å²) in [6, 6.07) is 10.6. The highest BCUT2D eigenvalue weighted by molar-refractivity contribution is 8.00. The molecule has 0 bridgehead atoms. The number of carbonyl (C=O) groups excluding carboxylic acids is 2. The maximum Gasteiger partial charge on any atom is 0.237 e. The van der Waals surface area contributed by atoms with Gasteiger partial charge < -0.3 is 9.88 Å². The second-order valence-corrected chi connectivity index (χ2v) is 7.48. The Morgan fingerprint density at radius 1 is 1.11 bits per heavy atom. The maximum absolute atomic E-state index is 12.5. The lowest BCUT2D eigenvalue weighted by Crippen LogP contribution is -2.23. The van der Waals surface area contributed by atoms with Crippen molar-refractivity contribution in [2.45, 2.75) is 37.7 Å². The number of aromatic nitrogens is 4. The highest BCUT2D eigenvalue weighted by atomic mass is 32.2. The number of carbonyl (C=O) groups is 2. The maximum atomic E-state index is 12.5. The lowest BCUT2D eigenvalue weighted by molar-refractivity contribution is -0.115. The summed E-state index contributed by atoms with van der Waals surface area (Å²) < 4.78 is 1.98. The number of rotatable bonds is 7.